The summed E-state index contributed by atoms with van der Waals surface area (Å²) in [6.45, 7) is 1.64. The van der Waals surface area contributed by atoms with E-state index in [1.54, 1.807) is 24.3 Å². The third-order valence-electron chi connectivity index (χ3n) is 3.54. The topological polar surface area (TPSA) is 130 Å². The number of hydrogen-bond acceptors (Lipinski definition) is 4. The van der Waals surface area contributed by atoms with Gasteiger partial charge in [0.05, 0.1) is 10.9 Å². The van der Waals surface area contributed by atoms with E-state index in [-0.39, 0.29) is 11.4 Å². The Morgan fingerprint density at radius 2 is 1.67 bits per heavy atom. The first-order chi connectivity index (χ1) is 12.7. The third kappa shape index (κ3) is 6.24. The molecule has 0 spiro atoms. The molecule has 1 atom stereocenters. The minimum absolute atomic E-state index is 0.0177. The Morgan fingerprint density at radius 3 is 2.22 bits per heavy atom. The first kappa shape index (κ1) is 20.7. The van der Waals surface area contributed by atoms with Gasteiger partial charge in [0.2, 0.25) is 15.9 Å². The fraction of sp³-hybridized carbons (Fsp3) is 0.176. The number of rotatable bonds is 7. The Morgan fingerprint density at radius 1 is 1.07 bits per heavy atom. The van der Waals surface area contributed by atoms with Gasteiger partial charge in [-0.3, -0.25) is 4.79 Å². The highest BCUT2D eigenvalue weighted by Gasteiger charge is 2.21. The molecule has 10 heteroatoms. The molecule has 0 heterocycles. The molecule has 27 heavy (non-hydrogen) atoms. The predicted octanol–water partition coefficient (Wildman–Crippen LogP) is 1.81. The largest absolute Gasteiger partial charge is 0.351 e. The highest BCUT2D eigenvalue weighted by Crippen LogP contribution is 2.14. The minimum Gasteiger partial charge on any atom is -0.351 e. The molecule has 0 aliphatic heterocycles. The van der Waals surface area contributed by atoms with Gasteiger partial charge in [0.1, 0.15) is 0 Å². The van der Waals surface area contributed by atoms with Crippen LogP contribution in [0.1, 0.15) is 12.5 Å². The molecule has 5 N–H and O–H groups in total. The van der Waals surface area contributed by atoms with Crippen LogP contribution in [0, 0.1) is 0 Å². The smallest absolute Gasteiger partial charge is 0.316 e. The summed E-state index contributed by atoms with van der Waals surface area (Å²) in [5.74, 6) is -0.480. The molecule has 0 fully saturated rings. The van der Waals surface area contributed by atoms with Crippen LogP contribution in [0.2, 0.25) is 5.02 Å². The maximum atomic E-state index is 12.3. The number of urea groups is 1. The van der Waals surface area contributed by atoms with E-state index in [0.29, 0.717) is 10.7 Å². The van der Waals surface area contributed by atoms with Gasteiger partial charge in [0.25, 0.3) is 0 Å². The molecule has 0 radical (unpaired) electrons. The normalized spacial score (nSPS) is 12.2. The van der Waals surface area contributed by atoms with Crippen molar-refractivity contribution in [3.05, 3.63) is 59.1 Å². The zero-order chi connectivity index (χ0) is 20.0. The van der Waals surface area contributed by atoms with Gasteiger partial charge in [-0.1, -0.05) is 23.7 Å². The van der Waals surface area contributed by atoms with E-state index in [4.69, 9.17) is 17.3 Å². The second kappa shape index (κ2) is 8.85. The number of sulfonamides is 1. The number of benzene rings is 2. The van der Waals surface area contributed by atoms with Crippen LogP contribution in [0.5, 0.6) is 0 Å². The van der Waals surface area contributed by atoms with Crippen molar-refractivity contribution in [1.29, 1.82) is 0 Å². The molecule has 0 saturated carbocycles. The maximum Gasteiger partial charge on any atom is 0.316 e. The second-order valence-electron chi connectivity index (χ2n) is 5.70. The van der Waals surface area contributed by atoms with E-state index in [0.717, 1.165) is 5.56 Å². The maximum absolute atomic E-state index is 12.3. The monoisotopic (exact) mass is 410 g/mol. The number of carbonyl (C=O) groups excluding carboxylic acids is 2. The van der Waals surface area contributed by atoms with Gasteiger partial charge >= 0.3 is 6.03 Å². The summed E-state index contributed by atoms with van der Waals surface area (Å²) in [7, 11) is -3.84. The van der Waals surface area contributed by atoms with Crippen molar-refractivity contribution >= 4 is 39.2 Å². The van der Waals surface area contributed by atoms with Gasteiger partial charge in [-0.05, 0) is 48.9 Å². The summed E-state index contributed by atoms with van der Waals surface area (Å²) >= 11 is 5.75. The van der Waals surface area contributed by atoms with E-state index in [9.17, 15) is 18.0 Å². The fourth-order valence-corrected chi connectivity index (χ4v) is 3.49. The van der Waals surface area contributed by atoms with Gasteiger partial charge in [-0.2, -0.15) is 4.72 Å². The lowest BCUT2D eigenvalue weighted by Gasteiger charge is -2.15. The predicted molar refractivity (Wildman–Crippen MR) is 103 cm³/mol. The summed E-state index contributed by atoms with van der Waals surface area (Å²) in [6, 6.07) is 10.7. The molecular formula is C17H19ClN4O4S. The number of primary amides is 1. The zero-order valence-electron chi connectivity index (χ0n) is 14.4. The number of hydrogen-bond donors (Lipinski definition) is 4. The van der Waals surface area contributed by atoms with Crippen molar-refractivity contribution in [3.63, 3.8) is 0 Å². The molecule has 2 rings (SSSR count). The van der Waals surface area contributed by atoms with Gasteiger partial charge in [0.15, 0.2) is 0 Å². The number of halogens is 1. The van der Waals surface area contributed by atoms with E-state index in [1.165, 1.54) is 31.2 Å². The van der Waals surface area contributed by atoms with Crippen molar-refractivity contribution in [2.75, 3.05) is 5.32 Å². The van der Waals surface area contributed by atoms with Gasteiger partial charge in [-0.25, -0.2) is 13.2 Å². The lowest BCUT2D eigenvalue weighted by Crippen LogP contribution is -2.44. The summed E-state index contributed by atoms with van der Waals surface area (Å²) < 4.78 is 26.9. The quantitative estimate of drug-likeness (QED) is 0.554. The van der Waals surface area contributed by atoms with E-state index in [1.807, 2.05) is 0 Å². The van der Waals surface area contributed by atoms with Crippen molar-refractivity contribution < 1.29 is 18.0 Å². The van der Waals surface area contributed by atoms with Crippen LogP contribution in [0.25, 0.3) is 0 Å². The SMILES string of the molecule is C[C@H](NS(=O)(=O)c1ccc(Cl)cc1)C(=O)NCc1ccc(NC(N)=O)cc1. The summed E-state index contributed by atoms with van der Waals surface area (Å²) in [5.41, 5.74) is 6.32. The standard InChI is InChI=1S/C17H19ClN4O4S/c1-11(22-27(25,26)15-8-4-13(18)5-9-15)16(23)20-10-12-2-6-14(7-3-12)21-17(19)24/h2-9,11,22H,10H2,1H3,(H,20,23)(H3,19,21,24)/t11-/m0/s1. The lowest BCUT2D eigenvalue weighted by molar-refractivity contribution is -0.122. The number of carbonyl (C=O) groups is 2. The zero-order valence-corrected chi connectivity index (χ0v) is 16.0. The summed E-state index contributed by atoms with van der Waals surface area (Å²) in [5, 5.41) is 5.48. The summed E-state index contributed by atoms with van der Waals surface area (Å²) in [4.78, 5) is 22.9. The van der Waals surface area contributed by atoms with Crippen LogP contribution in [-0.4, -0.2) is 26.4 Å². The van der Waals surface area contributed by atoms with Crippen molar-refractivity contribution in [1.82, 2.24) is 10.0 Å². The van der Waals surface area contributed by atoms with Gasteiger partial charge in [-0.15, -0.1) is 0 Å². The molecule has 2 aromatic carbocycles. The fourth-order valence-electron chi connectivity index (χ4n) is 2.16. The van der Waals surface area contributed by atoms with Crippen LogP contribution in [0.3, 0.4) is 0 Å². The molecule has 0 saturated heterocycles. The van der Waals surface area contributed by atoms with E-state index in [2.05, 4.69) is 15.4 Å². The highest BCUT2D eigenvalue weighted by atomic mass is 35.5. The second-order valence-corrected chi connectivity index (χ2v) is 7.85. The summed E-state index contributed by atoms with van der Waals surface area (Å²) in [6.07, 6.45) is 0. The number of nitrogens with two attached hydrogens (primary N) is 1. The van der Waals surface area contributed by atoms with Gasteiger partial charge < -0.3 is 16.4 Å². The van der Waals surface area contributed by atoms with Gasteiger partial charge in [0, 0.05) is 17.3 Å². The average Bonchev–Trinajstić information content (AvgIpc) is 2.60. The lowest BCUT2D eigenvalue weighted by atomic mass is 10.2. The molecule has 8 nitrogen and oxygen atoms in total. The molecule has 144 valence electrons. The molecular weight excluding hydrogens is 392 g/mol. The highest BCUT2D eigenvalue weighted by molar-refractivity contribution is 7.89. The van der Waals surface area contributed by atoms with Crippen molar-refractivity contribution in [2.45, 2.75) is 24.4 Å². The number of amides is 3. The van der Waals surface area contributed by atoms with E-state index >= 15 is 0 Å². The van der Waals surface area contributed by atoms with Crippen LogP contribution < -0.4 is 21.1 Å². The molecule has 3 amide bonds. The Bertz CT molecular complexity index is 915. The van der Waals surface area contributed by atoms with Crippen LogP contribution in [0.4, 0.5) is 10.5 Å². The van der Waals surface area contributed by atoms with Crippen molar-refractivity contribution in [2.24, 2.45) is 5.73 Å². The molecule has 0 unspecified atom stereocenters. The average molecular weight is 411 g/mol. The Hall–Kier alpha value is -2.62. The third-order valence-corrected chi connectivity index (χ3v) is 5.35. The van der Waals surface area contributed by atoms with Crippen LogP contribution >= 0.6 is 11.6 Å². The Labute approximate surface area is 162 Å². The van der Waals surface area contributed by atoms with E-state index < -0.39 is 28.0 Å². The molecule has 0 aliphatic rings. The van der Waals surface area contributed by atoms with Crippen LogP contribution in [-0.2, 0) is 21.4 Å². The van der Waals surface area contributed by atoms with Crippen LogP contribution in [0.15, 0.2) is 53.4 Å². The molecule has 2 aromatic rings. The first-order valence-corrected chi connectivity index (χ1v) is 9.74. The minimum atomic E-state index is -3.84. The Balaban J connectivity index is 1.91. The number of anilines is 1. The first-order valence-electron chi connectivity index (χ1n) is 7.88. The molecule has 0 aliphatic carbocycles. The molecule has 0 bridgehead atoms. The Kier molecular flexibility index (Phi) is 6.78. The number of nitrogens with one attached hydrogen (secondary N) is 3. The molecule has 0 aromatic heterocycles. The van der Waals surface area contributed by atoms with Crippen molar-refractivity contribution in [3.8, 4) is 0 Å².